The van der Waals surface area contributed by atoms with Gasteiger partial charge in [-0.25, -0.2) is 9.50 Å². The monoisotopic (exact) mass is 335 g/mol. The van der Waals surface area contributed by atoms with E-state index in [1.165, 1.54) is 0 Å². The van der Waals surface area contributed by atoms with Crippen LogP contribution < -0.4 is 9.80 Å². The predicted octanol–water partition coefficient (Wildman–Crippen LogP) is 0.800. The first-order valence-electron chi connectivity index (χ1n) is 8.16. The minimum Gasteiger partial charge on any atom is -0.351 e. The molecule has 1 saturated heterocycles. The van der Waals surface area contributed by atoms with E-state index in [-0.39, 0.29) is 0 Å². The van der Waals surface area contributed by atoms with Crippen molar-refractivity contribution in [3.8, 4) is 0 Å². The molecule has 0 bridgehead atoms. The molecule has 1 aliphatic heterocycles. The van der Waals surface area contributed by atoms with Gasteiger partial charge in [0.2, 0.25) is 0 Å². The maximum Gasteiger partial charge on any atom is 0.178 e. The molecule has 0 N–H and O–H groups in total. The van der Waals surface area contributed by atoms with Gasteiger partial charge in [0.25, 0.3) is 0 Å². The number of likely N-dealkylation sites (N-methyl/N-ethyl adjacent to an activating group) is 1. The minimum absolute atomic E-state index is 0.383. The lowest BCUT2D eigenvalue weighted by molar-refractivity contribution is 0.487. The molecule has 4 aromatic heterocycles. The molecule has 1 fully saturated rings. The number of nitrogens with zero attached hydrogens (tertiary/aromatic N) is 9. The van der Waals surface area contributed by atoms with Crippen molar-refractivity contribution in [2.45, 2.75) is 13.0 Å². The minimum atomic E-state index is 0.383. The van der Waals surface area contributed by atoms with E-state index < -0.39 is 0 Å². The van der Waals surface area contributed by atoms with Crippen molar-refractivity contribution < 1.29 is 0 Å². The van der Waals surface area contributed by atoms with E-state index >= 15 is 0 Å². The van der Waals surface area contributed by atoms with Crippen molar-refractivity contribution in [1.29, 1.82) is 0 Å². The normalized spacial score (nSPS) is 15.0. The second-order valence-electron chi connectivity index (χ2n) is 6.29. The average molecular weight is 335 g/mol. The fourth-order valence-corrected chi connectivity index (χ4v) is 3.23. The predicted molar refractivity (Wildman–Crippen MR) is 92.9 cm³/mol. The second kappa shape index (κ2) is 5.13. The third-order valence-corrected chi connectivity index (χ3v) is 4.78. The maximum absolute atomic E-state index is 4.63. The summed E-state index contributed by atoms with van der Waals surface area (Å²) in [6.45, 7) is 3.70. The molecule has 126 valence electrons. The van der Waals surface area contributed by atoms with Gasteiger partial charge in [-0.15, -0.1) is 15.3 Å². The Hall–Kier alpha value is -3.23. The molecule has 0 saturated carbocycles. The fraction of sp³-hybridized carbons (Fsp3) is 0.312. The van der Waals surface area contributed by atoms with Gasteiger partial charge in [-0.2, -0.15) is 9.61 Å². The lowest BCUT2D eigenvalue weighted by atomic mass is 10.1. The molecule has 25 heavy (non-hydrogen) atoms. The smallest absolute Gasteiger partial charge is 0.178 e. The van der Waals surface area contributed by atoms with Crippen molar-refractivity contribution >= 4 is 22.8 Å². The fourth-order valence-electron chi connectivity index (χ4n) is 3.23. The first-order valence-corrected chi connectivity index (χ1v) is 8.16. The van der Waals surface area contributed by atoms with Crippen molar-refractivity contribution in [3.63, 3.8) is 0 Å². The molecule has 9 heteroatoms. The number of fused-ring (bicyclic) bond motifs is 2. The van der Waals surface area contributed by atoms with Crippen molar-refractivity contribution in [3.05, 3.63) is 42.6 Å². The number of hydrogen-bond acceptors (Lipinski definition) is 7. The van der Waals surface area contributed by atoms with Crippen molar-refractivity contribution in [1.82, 2.24) is 34.4 Å². The van der Waals surface area contributed by atoms with Crippen LogP contribution in [0.4, 0.5) is 11.6 Å². The van der Waals surface area contributed by atoms with Gasteiger partial charge < -0.3 is 9.80 Å². The molecular formula is C16H17N9. The van der Waals surface area contributed by atoms with Crippen LogP contribution in [0.1, 0.15) is 5.82 Å². The summed E-state index contributed by atoms with van der Waals surface area (Å²) < 4.78 is 3.63. The van der Waals surface area contributed by atoms with Crippen LogP contribution in [0.15, 0.2) is 36.8 Å². The van der Waals surface area contributed by atoms with Crippen LogP contribution in [0, 0.1) is 6.92 Å². The molecule has 0 aromatic carbocycles. The van der Waals surface area contributed by atoms with Crippen LogP contribution in [-0.2, 0) is 0 Å². The highest BCUT2D eigenvalue weighted by molar-refractivity contribution is 5.69. The second-order valence-corrected chi connectivity index (χ2v) is 6.29. The molecular weight excluding hydrogens is 318 g/mol. The highest BCUT2D eigenvalue weighted by Crippen LogP contribution is 2.26. The summed E-state index contributed by atoms with van der Waals surface area (Å²) in [5, 5.41) is 17.0. The summed E-state index contributed by atoms with van der Waals surface area (Å²) in [4.78, 5) is 9.00. The van der Waals surface area contributed by atoms with E-state index in [0.29, 0.717) is 6.04 Å². The first kappa shape index (κ1) is 14.1. The van der Waals surface area contributed by atoms with Gasteiger partial charge >= 0.3 is 0 Å². The van der Waals surface area contributed by atoms with E-state index in [1.807, 2.05) is 35.8 Å². The Labute approximate surface area is 143 Å². The molecule has 0 atom stereocenters. The summed E-state index contributed by atoms with van der Waals surface area (Å²) in [5.41, 5.74) is 1.79. The van der Waals surface area contributed by atoms with Gasteiger partial charge in [-0.1, -0.05) is 0 Å². The van der Waals surface area contributed by atoms with Gasteiger partial charge in [0, 0.05) is 32.5 Å². The molecule has 0 aliphatic carbocycles. The highest BCUT2D eigenvalue weighted by atomic mass is 15.4. The Morgan fingerprint density at radius 2 is 2.00 bits per heavy atom. The zero-order chi connectivity index (χ0) is 17.0. The van der Waals surface area contributed by atoms with Gasteiger partial charge in [-0.05, 0) is 25.1 Å². The van der Waals surface area contributed by atoms with Crippen LogP contribution in [-0.4, -0.2) is 60.6 Å². The van der Waals surface area contributed by atoms with Gasteiger partial charge in [0.15, 0.2) is 17.3 Å². The third kappa shape index (κ3) is 2.12. The summed E-state index contributed by atoms with van der Waals surface area (Å²) in [6.07, 6.45) is 5.44. The van der Waals surface area contributed by atoms with E-state index in [4.69, 9.17) is 0 Å². The Morgan fingerprint density at radius 1 is 1.12 bits per heavy atom. The Balaban J connectivity index is 1.37. The van der Waals surface area contributed by atoms with Crippen LogP contribution in [0.2, 0.25) is 0 Å². The molecule has 1 aliphatic rings. The zero-order valence-corrected chi connectivity index (χ0v) is 14.0. The van der Waals surface area contributed by atoms with E-state index in [1.54, 1.807) is 16.9 Å². The maximum atomic E-state index is 4.63. The number of aryl methyl sites for hydroxylation is 1. The molecule has 5 heterocycles. The standard InChI is InChI=1S/C16H17N9/c1-11-19-20-14-3-4-15(21-25(11)14)23-9-12(10-23)22(2)16-13-5-6-18-24(13)8-7-17-16/h3-8,12H,9-10H2,1-2H3. The molecule has 4 aromatic rings. The Morgan fingerprint density at radius 3 is 2.88 bits per heavy atom. The average Bonchev–Trinajstić information content (AvgIpc) is 3.20. The number of hydrogen-bond donors (Lipinski definition) is 0. The zero-order valence-electron chi connectivity index (χ0n) is 14.0. The van der Waals surface area contributed by atoms with Crippen molar-refractivity contribution in [2.24, 2.45) is 0 Å². The lowest BCUT2D eigenvalue weighted by Crippen LogP contribution is -2.59. The van der Waals surface area contributed by atoms with E-state index in [9.17, 15) is 0 Å². The number of aromatic nitrogens is 7. The molecule has 0 spiro atoms. The molecule has 5 rings (SSSR count). The van der Waals surface area contributed by atoms with Gasteiger partial charge in [-0.3, -0.25) is 0 Å². The third-order valence-electron chi connectivity index (χ3n) is 4.78. The first-order chi connectivity index (χ1) is 12.2. The quantitative estimate of drug-likeness (QED) is 0.548. The Kier molecular flexibility index (Phi) is 2.90. The SMILES string of the molecule is Cc1nnc2ccc(N3CC(N(C)c4nccn5nccc45)C3)nn12. The number of rotatable bonds is 3. The summed E-state index contributed by atoms with van der Waals surface area (Å²) in [6, 6.07) is 6.32. The highest BCUT2D eigenvalue weighted by Gasteiger charge is 2.32. The molecule has 9 nitrogen and oxygen atoms in total. The van der Waals surface area contributed by atoms with Crippen LogP contribution >= 0.6 is 0 Å². The van der Waals surface area contributed by atoms with Crippen LogP contribution in [0.5, 0.6) is 0 Å². The van der Waals surface area contributed by atoms with Crippen molar-refractivity contribution in [2.75, 3.05) is 29.9 Å². The summed E-state index contributed by atoms with van der Waals surface area (Å²) in [7, 11) is 2.08. The number of anilines is 2. The van der Waals surface area contributed by atoms with Crippen LogP contribution in [0.25, 0.3) is 11.2 Å². The summed E-state index contributed by atoms with van der Waals surface area (Å²) in [5.74, 6) is 2.68. The summed E-state index contributed by atoms with van der Waals surface area (Å²) >= 11 is 0. The lowest BCUT2D eigenvalue weighted by Gasteiger charge is -2.45. The van der Waals surface area contributed by atoms with Gasteiger partial charge in [0.1, 0.15) is 11.3 Å². The van der Waals surface area contributed by atoms with E-state index in [0.717, 1.165) is 41.7 Å². The molecule has 0 unspecified atom stereocenters. The van der Waals surface area contributed by atoms with Crippen LogP contribution in [0.3, 0.4) is 0 Å². The van der Waals surface area contributed by atoms with E-state index in [2.05, 4.69) is 42.2 Å². The topological polar surface area (TPSA) is 79.8 Å². The molecule has 0 amide bonds. The van der Waals surface area contributed by atoms with Gasteiger partial charge in [0.05, 0.1) is 12.2 Å². The Bertz CT molecular complexity index is 1060. The largest absolute Gasteiger partial charge is 0.351 e. The molecule has 0 radical (unpaired) electrons.